The molecule has 1 saturated heterocycles. The van der Waals surface area contributed by atoms with Crippen LogP contribution in [0.15, 0.2) is 59.6 Å². The van der Waals surface area contributed by atoms with Crippen LogP contribution in [0.1, 0.15) is 23.0 Å². The number of nitrogens with zero attached hydrogens (tertiary/aromatic N) is 5. The Labute approximate surface area is 185 Å². The highest BCUT2D eigenvalue weighted by Crippen LogP contribution is 2.24. The van der Waals surface area contributed by atoms with Crippen LogP contribution in [0.3, 0.4) is 0 Å². The number of ether oxygens (including phenoxy) is 1. The van der Waals surface area contributed by atoms with Crippen LogP contribution in [0.4, 0.5) is 5.82 Å². The Morgan fingerprint density at radius 2 is 2.19 bits per heavy atom. The molecule has 0 bridgehead atoms. The Hall–Kier alpha value is -3.69. The van der Waals surface area contributed by atoms with E-state index in [-0.39, 0.29) is 5.91 Å². The quantitative estimate of drug-likeness (QED) is 0.440. The van der Waals surface area contributed by atoms with Gasteiger partial charge in [0.05, 0.1) is 24.9 Å². The van der Waals surface area contributed by atoms with E-state index in [1.54, 1.807) is 12.4 Å². The first kappa shape index (κ1) is 21.5. The molecule has 1 aliphatic rings. The number of anilines is 1. The van der Waals surface area contributed by atoms with Crippen LogP contribution in [0.2, 0.25) is 0 Å². The summed E-state index contributed by atoms with van der Waals surface area (Å²) in [6.45, 7) is 9.70. The van der Waals surface area contributed by atoms with Crippen LogP contribution in [-0.2, 0) is 4.74 Å². The molecule has 32 heavy (non-hydrogen) atoms. The van der Waals surface area contributed by atoms with Crippen LogP contribution < -0.4 is 5.32 Å². The number of aromatic amines is 1. The van der Waals surface area contributed by atoms with Crippen LogP contribution >= 0.6 is 0 Å². The van der Waals surface area contributed by atoms with Gasteiger partial charge in [-0.05, 0) is 42.5 Å². The number of amides is 1. The molecule has 0 saturated carbocycles. The van der Waals surface area contributed by atoms with Crippen molar-refractivity contribution in [1.29, 1.82) is 0 Å². The van der Waals surface area contributed by atoms with E-state index in [0.29, 0.717) is 11.5 Å². The summed E-state index contributed by atoms with van der Waals surface area (Å²) in [7, 11) is 0. The first-order valence-corrected chi connectivity index (χ1v) is 10.3. The molecule has 3 heterocycles. The maximum absolute atomic E-state index is 12.7. The van der Waals surface area contributed by atoms with Crippen molar-refractivity contribution < 1.29 is 9.53 Å². The molecule has 0 spiro atoms. The van der Waals surface area contributed by atoms with E-state index < -0.39 is 0 Å². The molecular formula is C23H25N7O2. The van der Waals surface area contributed by atoms with Crippen LogP contribution in [0.5, 0.6) is 0 Å². The number of nitrogens with one attached hydrogen (secondary N) is 2. The maximum atomic E-state index is 12.7. The maximum Gasteiger partial charge on any atom is 0.277 e. The largest absolute Gasteiger partial charge is 0.379 e. The molecule has 9 heteroatoms. The number of H-pyrrole nitrogens is 1. The van der Waals surface area contributed by atoms with Crippen molar-refractivity contribution in [1.82, 2.24) is 25.1 Å². The number of allylic oxidation sites excluding steroid dienone is 1. The molecule has 9 nitrogen and oxygen atoms in total. The Bertz CT molecular complexity index is 1160. The Kier molecular flexibility index (Phi) is 6.78. The minimum atomic E-state index is -0.348. The number of fused-ring (bicyclic) bond motifs is 1. The molecule has 0 radical (unpaired) electrons. The molecule has 4 rings (SSSR count). The molecule has 1 aliphatic heterocycles. The van der Waals surface area contributed by atoms with Gasteiger partial charge in [-0.25, -0.2) is 4.98 Å². The summed E-state index contributed by atoms with van der Waals surface area (Å²) in [6.07, 6.45) is 8.44. The number of benzene rings is 1. The van der Waals surface area contributed by atoms with Gasteiger partial charge >= 0.3 is 0 Å². The highest BCUT2D eigenvalue weighted by molar-refractivity contribution is 6.11. The van der Waals surface area contributed by atoms with Crippen LogP contribution in [-0.4, -0.2) is 70.5 Å². The van der Waals surface area contributed by atoms with Gasteiger partial charge in [-0.15, -0.1) is 0 Å². The number of rotatable bonds is 7. The monoisotopic (exact) mass is 431 g/mol. The third-order valence-electron chi connectivity index (χ3n) is 5.21. The zero-order valence-corrected chi connectivity index (χ0v) is 17.9. The normalized spacial score (nSPS) is 15.7. The van der Waals surface area contributed by atoms with Crippen LogP contribution in [0, 0.1) is 0 Å². The fourth-order valence-corrected chi connectivity index (χ4v) is 3.59. The number of hydrogen-bond donors (Lipinski definition) is 2. The highest BCUT2D eigenvalue weighted by Gasteiger charge is 2.16. The summed E-state index contributed by atoms with van der Waals surface area (Å²) < 4.78 is 5.43. The van der Waals surface area contributed by atoms with Crippen molar-refractivity contribution in [3.05, 3.63) is 65.9 Å². The van der Waals surface area contributed by atoms with Crippen molar-refractivity contribution in [3.8, 4) is 0 Å². The predicted octanol–water partition coefficient (Wildman–Crippen LogP) is 2.93. The fraction of sp³-hybridized carbons (Fsp3) is 0.261. The second-order valence-corrected chi connectivity index (χ2v) is 7.48. The van der Waals surface area contributed by atoms with Gasteiger partial charge in [-0.2, -0.15) is 5.10 Å². The average Bonchev–Trinajstić information content (AvgIpc) is 3.24. The lowest BCUT2D eigenvalue weighted by Crippen LogP contribution is -2.37. The highest BCUT2D eigenvalue weighted by atomic mass is 16.5. The summed E-state index contributed by atoms with van der Waals surface area (Å²) in [5.41, 5.74) is 4.19. The lowest BCUT2D eigenvalue weighted by atomic mass is 10.0. The summed E-state index contributed by atoms with van der Waals surface area (Å²) in [5, 5.41) is 10.6. The first-order valence-electron chi connectivity index (χ1n) is 10.3. The van der Waals surface area contributed by atoms with Gasteiger partial charge in [0, 0.05) is 43.6 Å². The van der Waals surface area contributed by atoms with E-state index in [9.17, 15) is 4.79 Å². The molecule has 1 amide bonds. The summed E-state index contributed by atoms with van der Waals surface area (Å²) in [6, 6.07) is 5.89. The molecule has 0 unspecified atom stereocenters. The molecular weight excluding hydrogens is 406 g/mol. The average molecular weight is 432 g/mol. The van der Waals surface area contributed by atoms with Crippen molar-refractivity contribution in [2.75, 3.05) is 38.2 Å². The smallest absolute Gasteiger partial charge is 0.277 e. The molecule has 1 aromatic carbocycles. The van der Waals surface area contributed by atoms with E-state index in [1.165, 1.54) is 12.4 Å². The SMILES string of the molecule is C=N/C=C(\C=C(/C)c1ccc2[nH]nc(C(=O)Nc3cnccn3)c2c1)CN1CCOCC1. The first-order chi connectivity index (χ1) is 15.6. The number of carbonyl (C=O) groups is 1. The van der Waals surface area contributed by atoms with Gasteiger partial charge in [0.1, 0.15) is 0 Å². The summed E-state index contributed by atoms with van der Waals surface area (Å²) in [5.74, 6) is 0.0231. The zero-order chi connectivity index (χ0) is 22.3. The number of morpholine rings is 1. The Morgan fingerprint density at radius 3 is 2.94 bits per heavy atom. The van der Waals surface area contributed by atoms with Crippen molar-refractivity contribution in [2.24, 2.45) is 4.99 Å². The van der Waals surface area contributed by atoms with Gasteiger partial charge in [0.2, 0.25) is 0 Å². The fourth-order valence-electron chi connectivity index (χ4n) is 3.59. The number of carbonyl (C=O) groups excluding carboxylic acids is 1. The lowest BCUT2D eigenvalue weighted by molar-refractivity contribution is 0.0426. The van der Waals surface area contributed by atoms with E-state index in [4.69, 9.17) is 4.74 Å². The molecule has 1 fully saturated rings. The van der Waals surface area contributed by atoms with Crippen molar-refractivity contribution >= 4 is 34.9 Å². The second-order valence-electron chi connectivity index (χ2n) is 7.48. The van der Waals surface area contributed by atoms with E-state index >= 15 is 0 Å². The zero-order valence-electron chi connectivity index (χ0n) is 17.9. The minimum absolute atomic E-state index is 0.303. The van der Waals surface area contributed by atoms with E-state index in [1.807, 2.05) is 25.1 Å². The number of aromatic nitrogens is 4. The third-order valence-corrected chi connectivity index (χ3v) is 5.21. The molecule has 2 N–H and O–H groups in total. The van der Waals surface area contributed by atoms with Crippen molar-refractivity contribution in [3.63, 3.8) is 0 Å². The Morgan fingerprint density at radius 1 is 1.34 bits per heavy atom. The molecule has 0 aliphatic carbocycles. The minimum Gasteiger partial charge on any atom is -0.379 e. The van der Waals surface area contributed by atoms with Gasteiger partial charge in [-0.3, -0.25) is 24.8 Å². The predicted molar refractivity (Wildman–Crippen MR) is 125 cm³/mol. The standard InChI is InChI=1S/C23H25N7O2/c1-16(11-17(13-24-2)15-30-7-9-32-10-8-30)18-3-4-20-19(12-18)22(29-28-20)23(31)27-21-14-25-5-6-26-21/h3-6,11-14H,2,7-10,15H2,1H3,(H,28,29)(H,26,27,31)/b16-11+,17-13+. The summed E-state index contributed by atoms with van der Waals surface area (Å²) in [4.78, 5) is 27.1. The lowest BCUT2D eigenvalue weighted by Gasteiger charge is -2.26. The molecule has 164 valence electrons. The second kappa shape index (κ2) is 10.1. The van der Waals surface area contributed by atoms with Gasteiger partial charge in [0.25, 0.3) is 5.91 Å². The topological polar surface area (TPSA) is 108 Å². The van der Waals surface area contributed by atoms with E-state index in [0.717, 1.165) is 60.5 Å². The summed E-state index contributed by atoms with van der Waals surface area (Å²) >= 11 is 0. The van der Waals surface area contributed by atoms with Crippen molar-refractivity contribution in [2.45, 2.75) is 6.92 Å². The molecule has 2 aromatic heterocycles. The van der Waals surface area contributed by atoms with Gasteiger partial charge < -0.3 is 10.1 Å². The van der Waals surface area contributed by atoms with Gasteiger partial charge in [-0.1, -0.05) is 12.1 Å². The Balaban J connectivity index is 1.57. The number of hydrogen-bond acceptors (Lipinski definition) is 7. The molecule has 3 aromatic rings. The number of aliphatic imine (C=N–C) groups is 1. The van der Waals surface area contributed by atoms with Gasteiger partial charge in [0.15, 0.2) is 11.5 Å². The third kappa shape index (κ3) is 5.13. The molecule has 0 atom stereocenters. The van der Waals surface area contributed by atoms with E-state index in [2.05, 4.69) is 48.2 Å². The van der Waals surface area contributed by atoms with Crippen LogP contribution in [0.25, 0.3) is 16.5 Å².